The Morgan fingerprint density at radius 2 is 1.42 bits per heavy atom. The highest BCUT2D eigenvalue weighted by Crippen LogP contribution is 2.36. The van der Waals surface area contributed by atoms with E-state index in [0.717, 1.165) is 5.56 Å². The Kier molecular flexibility index (Phi) is 8.57. The molecule has 1 aromatic rings. The lowest BCUT2D eigenvalue weighted by Crippen LogP contribution is -2.55. The number of benzene rings is 1. The van der Waals surface area contributed by atoms with Crippen molar-refractivity contribution in [3.63, 3.8) is 0 Å². The fraction of sp³-hybridized carbons (Fsp3) is 0.679. The molecule has 200 valence electrons. The van der Waals surface area contributed by atoms with E-state index in [4.69, 9.17) is 9.47 Å². The van der Waals surface area contributed by atoms with Gasteiger partial charge in [0.05, 0.1) is 0 Å². The molecule has 0 radical (unpaired) electrons. The zero-order valence-electron chi connectivity index (χ0n) is 23.0. The van der Waals surface area contributed by atoms with E-state index < -0.39 is 5.60 Å². The van der Waals surface area contributed by atoms with Gasteiger partial charge in [0.1, 0.15) is 11.7 Å². The largest absolute Gasteiger partial charge is 0.444 e. The maximum Gasteiger partial charge on any atom is 0.410 e. The van der Waals surface area contributed by atoms with Crippen molar-refractivity contribution in [2.45, 2.75) is 66.6 Å². The summed E-state index contributed by atoms with van der Waals surface area (Å²) in [5.41, 5.74) is 0.180. The molecular weight excluding hydrogens is 458 g/mol. The Bertz CT molecular complexity index is 913. The van der Waals surface area contributed by atoms with E-state index in [-0.39, 0.29) is 41.4 Å². The topological polar surface area (TPSA) is 79.4 Å². The summed E-state index contributed by atoms with van der Waals surface area (Å²) in [4.78, 5) is 44.0. The van der Waals surface area contributed by atoms with Crippen LogP contribution in [0.3, 0.4) is 0 Å². The summed E-state index contributed by atoms with van der Waals surface area (Å²) in [5, 5.41) is 0. The summed E-state index contributed by atoms with van der Waals surface area (Å²) >= 11 is 0. The van der Waals surface area contributed by atoms with Crippen molar-refractivity contribution in [2.24, 2.45) is 17.3 Å². The first-order valence-electron chi connectivity index (χ1n) is 13.0. The van der Waals surface area contributed by atoms with Gasteiger partial charge in [0.2, 0.25) is 5.91 Å². The van der Waals surface area contributed by atoms with Crippen LogP contribution in [-0.4, -0.2) is 77.7 Å². The molecule has 0 bridgehead atoms. The molecule has 0 spiro atoms. The number of piperidine rings is 1. The van der Waals surface area contributed by atoms with Crippen LogP contribution in [-0.2, 0) is 14.3 Å². The van der Waals surface area contributed by atoms with Crippen LogP contribution in [0.1, 0.15) is 66.6 Å². The minimum atomic E-state index is -0.540. The van der Waals surface area contributed by atoms with Gasteiger partial charge in [-0.25, -0.2) is 9.59 Å². The van der Waals surface area contributed by atoms with Crippen molar-refractivity contribution in [2.75, 3.05) is 39.3 Å². The molecule has 0 aromatic heterocycles. The number of piperazine rings is 1. The average molecular weight is 502 g/mol. The SMILES string of the molecule is C[C@@H]1CN(C(=O)OC(C)(C)C)CC[C@@H]1C(=O)N1CCN(C(=O)OC(c2ccccc2)C(C)(C)C)CC1. The second kappa shape index (κ2) is 11.1. The highest BCUT2D eigenvalue weighted by molar-refractivity contribution is 5.80. The van der Waals surface area contributed by atoms with Crippen LogP contribution >= 0.6 is 0 Å². The summed E-state index contributed by atoms with van der Waals surface area (Å²) in [6, 6.07) is 9.81. The normalized spacial score (nSPS) is 22.1. The number of nitrogens with zero attached hydrogens (tertiary/aromatic N) is 3. The summed E-state index contributed by atoms with van der Waals surface area (Å²) in [6.07, 6.45) is -0.408. The molecule has 2 saturated heterocycles. The molecule has 2 aliphatic heterocycles. The van der Waals surface area contributed by atoms with E-state index in [9.17, 15) is 14.4 Å². The van der Waals surface area contributed by atoms with Crippen LogP contribution in [0.2, 0.25) is 0 Å². The van der Waals surface area contributed by atoms with Crippen molar-refractivity contribution in [3.05, 3.63) is 35.9 Å². The van der Waals surface area contributed by atoms with E-state index in [2.05, 4.69) is 20.8 Å². The van der Waals surface area contributed by atoms with E-state index in [1.54, 1.807) is 9.80 Å². The molecular formula is C28H43N3O5. The molecule has 8 nitrogen and oxygen atoms in total. The average Bonchev–Trinajstić information content (AvgIpc) is 2.80. The van der Waals surface area contributed by atoms with Gasteiger partial charge in [-0.05, 0) is 38.7 Å². The Hall–Kier alpha value is -2.77. The molecule has 2 fully saturated rings. The van der Waals surface area contributed by atoms with Gasteiger partial charge in [-0.1, -0.05) is 58.0 Å². The van der Waals surface area contributed by atoms with Crippen LogP contribution in [0.25, 0.3) is 0 Å². The Morgan fingerprint density at radius 1 is 0.833 bits per heavy atom. The van der Waals surface area contributed by atoms with Crippen LogP contribution < -0.4 is 0 Å². The van der Waals surface area contributed by atoms with Gasteiger partial charge in [0.15, 0.2) is 0 Å². The molecule has 8 heteroatoms. The van der Waals surface area contributed by atoms with Crippen LogP contribution in [0.15, 0.2) is 30.3 Å². The molecule has 3 amide bonds. The number of hydrogen-bond acceptors (Lipinski definition) is 5. The highest BCUT2D eigenvalue weighted by atomic mass is 16.6. The molecule has 3 atom stereocenters. The maximum absolute atomic E-state index is 13.3. The number of amides is 3. The first-order valence-corrected chi connectivity index (χ1v) is 13.0. The highest BCUT2D eigenvalue weighted by Gasteiger charge is 2.38. The third kappa shape index (κ3) is 7.14. The molecule has 2 heterocycles. The van der Waals surface area contributed by atoms with Gasteiger partial charge in [0, 0.05) is 50.6 Å². The Balaban J connectivity index is 1.52. The summed E-state index contributed by atoms with van der Waals surface area (Å²) in [5.74, 6) is 0.0157. The van der Waals surface area contributed by atoms with Crippen molar-refractivity contribution >= 4 is 18.1 Å². The van der Waals surface area contributed by atoms with E-state index in [0.29, 0.717) is 45.7 Å². The first kappa shape index (κ1) is 27.8. The molecule has 1 aromatic carbocycles. The molecule has 3 rings (SSSR count). The minimum absolute atomic E-state index is 0.0418. The van der Waals surface area contributed by atoms with E-state index >= 15 is 0 Å². The number of carbonyl (C=O) groups is 3. The number of likely N-dealkylation sites (tertiary alicyclic amines) is 1. The lowest BCUT2D eigenvalue weighted by Gasteiger charge is -2.41. The van der Waals surface area contributed by atoms with Gasteiger partial charge in [0.25, 0.3) is 0 Å². The zero-order valence-corrected chi connectivity index (χ0v) is 23.0. The van der Waals surface area contributed by atoms with Crippen LogP contribution in [0.5, 0.6) is 0 Å². The fourth-order valence-electron chi connectivity index (χ4n) is 4.90. The summed E-state index contributed by atoms with van der Waals surface area (Å²) in [6.45, 7) is 16.6. The number of hydrogen-bond donors (Lipinski definition) is 0. The predicted octanol–water partition coefficient (Wildman–Crippen LogP) is 4.95. The number of carbonyl (C=O) groups excluding carboxylic acids is 3. The van der Waals surface area contributed by atoms with Crippen molar-refractivity contribution in [1.82, 2.24) is 14.7 Å². The zero-order chi connectivity index (χ0) is 26.7. The summed E-state index contributed by atoms with van der Waals surface area (Å²) in [7, 11) is 0. The minimum Gasteiger partial charge on any atom is -0.444 e. The van der Waals surface area contributed by atoms with Gasteiger partial charge < -0.3 is 24.2 Å². The summed E-state index contributed by atoms with van der Waals surface area (Å²) < 4.78 is 11.5. The van der Waals surface area contributed by atoms with Crippen LogP contribution in [0.4, 0.5) is 9.59 Å². The van der Waals surface area contributed by atoms with Gasteiger partial charge in [-0.2, -0.15) is 0 Å². The Morgan fingerprint density at radius 3 is 1.94 bits per heavy atom. The predicted molar refractivity (Wildman–Crippen MR) is 138 cm³/mol. The van der Waals surface area contributed by atoms with Crippen molar-refractivity contribution < 1.29 is 23.9 Å². The smallest absolute Gasteiger partial charge is 0.410 e. The van der Waals surface area contributed by atoms with Gasteiger partial charge in [-0.15, -0.1) is 0 Å². The second-order valence-electron chi connectivity index (χ2n) is 12.2. The fourth-order valence-corrected chi connectivity index (χ4v) is 4.90. The Labute approximate surface area is 215 Å². The van der Waals surface area contributed by atoms with E-state index in [1.165, 1.54) is 0 Å². The van der Waals surface area contributed by atoms with Gasteiger partial charge >= 0.3 is 12.2 Å². The standard InChI is InChI=1S/C28H43N3O5/c1-20-19-31(26(34)36-28(5,6)7)14-13-22(20)24(32)29-15-17-30(18-16-29)25(33)35-23(27(2,3)4)21-11-9-8-10-12-21/h8-12,20,22-23H,13-19H2,1-7H3/t20-,22+,23?/m1/s1. The molecule has 0 aliphatic carbocycles. The number of ether oxygens (including phenoxy) is 2. The maximum atomic E-state index is 13.3. The molecule has 0 N–H and O–H groups in total. The molecule has 0 saturated carbocycles. The molecule has 36 heavy (non-hydrogen) atoms. The third-order valence-corrected chi connectivity index (χ3v) is 6.83. The van der Waals surface area contributed by atoms with E-state index in [1.807, 2.05) is 62.9 Å². The lowest BCUT2D eigenvalue weighted by molar-refractivity contribution is -0.140. The quantitative estimate of drug-likeness (QED) is 0.586. The van der Waals surface area contributed by atoms with Gasteiger partial charge in [-0.3, -0.25) is 4.79 Å². The first-order chi connectivity index (χ1) is 16.8. The lowest BCUT2D eigenvalue weighted by atomic mass is 9.84. The molecule has 1 unspecified atom stereocenters. The van der Waals surface area contributed by atoms with Crippen molar-refractivity contribution in [3.8, 4) is 0 Å². The van der Waals surface area contributed by atoms with Crippen LogP contribution in [0, 0.1) is 17.3 Å². The molecule has 2 aliphatic rings. The second-order valence-corrected chi connectivity index (χ2v) is 12.2. The monoisotopic (exact) mass is 501 g/mol. The number of rotatable bonds is 3. The van der Waals surface area contributed by atoms with Crippen molar-refractivity contribution in [1.29, 1.82) is 0 Å². The third-order valence-electron chi connectivity index (χ3n) is 6.83.